The average Bonchev–Trinajstić information content (AvgIpc) is 3.34. The van der Waals surface area contributed by atoms with E-state index in [0.717, 1.165) is 21.7 Å². The van der Waals surface area contributed by atoms with Gasteiger partial charge in [0.15, 0.2) is 5.82 Å². The molecule has 0 fully saturated rings. The third-order valence-electron chi connectivity index (χ3n) is 3.69. The second-order valence-corrected chi connectivity index (χ2v) is 6.76. The molecule has 0 saturated heterocycles. The van der Waals surface area contributed by atoms with Crippen LogP contribution >= 0.6 is 11.3 Å². The van der Waals surface area contributed by atoms with Crippen LogP contribution in [-0.4, -0.2) is 29.5 Å². The fourth-order valence-electron chi connectivity index (χ4n) is 2.47. The van der Waals surface area contributed by atoms with Crippen molar-refractivity contribution in [2.75, 3.05) is 0 Å². The number of thiophene rings is 1. The van der Waals surface area contributed by atoms with Gasteiger partial charge < -0.3 is 0 Å². The van der Waals surface area contributed by atoms with Crippen LogP contribution < -0.4 is 0 Å². The Balaban J connectivity index is 1.55. The molecular weight excluding hydrogens is 332 g/mol. The Kier molecular flexibility index (Phi) is 3.99. The molecule has 0 saturated carbocycles. The molecule has 0 N–H and O–H groups in total. The lowest BCUT2D eigenvalue weighted by molar-refractivity contribution is 0.768. The molecule has 0 aliphatic heterocycles. The van der Waals surface area contributed by atoms with E-state index < -0.39 is 0 Å². The Labute approximate surface area is 149 Å². The van der Waals surface area contributed by atoms with Gasteiger partial charge in [0.05, 0.1) is 18.1 Å². The van der Waals surface area contributed by atoms with Crippen LogP contribution in [0.3, 0.4) is 0 Å². The minimum absolute atomic E-state index is 0.678. The maximum absolute atomic E-state index is 4.58. The third-order valence-corrected chi connectivity index (χ3v) is 4.79. The van der Waals surface area contributed by atoms with E-state index in [0.29, 0.717) is 5.82 Å². The Hall–Kier alpha value is -3.06. The summed E-state index contributed by atoms with van der Waals surface area (Å²) in [7, 11) is 3.81. The van der Waals surface area contributed by atoms with Crippen LogP contribution in [0, 0.1) is 0 Å². The molecule has 0 bridgehead atoms. The first-order chi connectivity index (χ1) is 12.2. The summed E-state index contributed by atoms with van der Waals surface area (Å²) >= 11 is 1.71. The van der Waals surface area contributed by atoms with E-state index >= 15 is 0 Å². The zero-order chi connectivity index (χ0) is 17.2. The van der Waals surface area contributed by atoms with E-state index in [-0.39, 0.29) is 0 Å². The van der Waals surface area contributed by atoms with Crippen molar-refractivity contribution in [2.24, 2.45) is 14.1 Å². The third kappa shape index (κ3) is 3.41. The van der Waals surface area contributed by atoms with Crippen molar-refractivity contribution in [3.05, 3.63) is 59.9 Å². The highest BCUT2D eigenvalue weighted by Crippen LogP contribution is 2.28. The van der Waals surface area contributed by atoms with E-state index in [4.69, 9.17) is 0 Å². The van der Waals surface area contributed by atoms with Gasteiger partial charge >= 0.3 is 0 Å². The molecule has 0 atom stereocenters. The lowest BCUT2D eigenvalue weighted by atomic mass is 10.2. The molecule has 0 amide bonds. The quantitative estimate of drug-likeness (QED) is 0.566. The molecule has 7 heteroatoms. The first kappa shape index (κ1) is 15.5. The smallest absolute Gasteiger partial charge is 0.152 e. The van der Waals surface area contributed by atoms with E-state index in [1.165, 1.54) is 4.88 Å². The van der Waals surface area contributed by atoms with Gasteiger partial charge in [0.1, 0.15) is 0 Å². The second kappa shape index (κ2) is 6.45. The Morgan fingerprint density at radius 3 is 2.40 bits per heavy atom. The summed E-state index contributed by atoms with van der Waals surface area (Å²) in [5, 5.41) is 8.40. The van der Waals surface area contributed by atoms with Gasteiger partial charge in [-0.2, -0.15) is 10.2 Å². The fourth-order valence-corrected chi connectivity index (χ4v) is 3.36. The van der Waals surface area contributed by atoms with Crippen LogP contribution in [0.5, 0.6) is 0 Å². The molecule has 0 spiro atoms. The van der Waals surface area contributed by atoms with E-state index in [1.807, 2.05) is 55.6 Å². The van der Waals surface area contributed by atoms with Crippen molar-refractivity contribution >= 4 is 23.5 Å². The Bertz CT molecular complexity index is 1040. The summed E-state index contributed by atoms with van der Waals surface area (Å²) in [5.74, 6) is 0.678. The molecule has 0 radical (unpaired) electrons. The maximum atomic E-state index is 4.58. The summed E-state index contributed by atoms with van der Waals surface area (Å²) in [6, 6.07) is 6.09. The van der Waals surface area contributed by atoms with Crippen LogP contribution in [0.15, 0.2) is 49.2 Å². The fraction of sp³-hybridized carbons (Fsp3) is 0.111. The number of hydrogen-bond acceptors (Lipinski definition) is 5. The van der Waals surface area contributed by atoms with Crippen molar-refractivity contribution in [1.82, 2.24) is 29.5 Å². The molecule has 0 aliphatic carbocycles. The van der Waals surface area contributed by atoms with E-state index in [2.05, 4.69) is 32.3 Å². The highest BCUT2D eigenvalue weighted by atomic mass is 32.1. The average molecular weight is 348 g/mol. The van der Waals surface area contributed by atoms with Crippen LogP contribution in [0.2, 0.25) is 0 Å². The summed E-state index contributed by atoms with van der Waals surface area (Å²) < 4.78 is 3.57. The van der Waals surface area contributed by atoms with Crippen molar-refractivity contribution in [3.63, 3.8) is 0 Å². The molecule has 124 valence electrons. The standard InChI is InChI=1S/C18H16N6S/c1-23-11-13(9-20-23)16-7-8-19-18(22-16)6-4-15-3-5-17(25-15)14-10-21-24(2)12-14/h3-12H,1-2H3. The summed E-state index contributed by atoms with van der Waals surface area (Å²) in [4.78, 5) is 11.2. The first-order valence-electron chi connectivity index (χ1n) is 7.76. The first-order valence-corrected chi connectivity index (χ1v) is 8.58. The van der Waals surface area contributed by atoms with Crippen molar-refractivity contribution in [1.29, 1.82) is 0 Å². The zero-order valence-corrected chi connectivity index (χ0v) is 14.7. The number of aryl methyl sites for hydroxylation is 2. The molecular formula is C18H16N6S. The van der Waals surface area contributed by atoms with Gasteiger partial charge in [-0.1, -0.05) is 0 Å². The van der Waals surface area contributed by atoms with Crippen LogP contribution in [0.1, 0.15) is 10.7 Å². The normalized spacial score (nSPS) is 11.4. The molecule has 25 heavy (non-hydrogen) atoms. The van der Waals surface area contributed by atoms with Gasteiger partial charge in [-0.3, -0.25) is 9.36 Å². The molecule has 4 aromatic heterocycles. The van der Waals surface area contributed by atoms with Crippen LogP contribution in [0.4, 0.5) is 0 Å². The number of rotatable bonds is 4. The van der Waals surface area contributed by atoms with E-state index in [9.17, 15) is 0 Å². The maximum Gasteiger partial charge on any atom is 0.152 e. The molecule has 0 aromatic carbocycles. The van der Waals surface area contributed by atoms with Gasteiger partial charge in [-0.15, -0.1) is 11.3 Å². The summed E-state index contributed by atoms with van der Waals surface area (Å²) in [5.41, 5.74) is 2.97. The topological polar surface area (TPSA) is 61.4 Å². The molecule has 4 aromatic rings. The number of hydrogen-bond donors (Lipinski definition) is 0. The highest BCUT2D eigenvalue weighted by Gasteiger charge is 2.05. The van der Waals surface area contributed by atoms with Crippen molar-refractivity contribution in [3.8, 4) is 21.7 Å². The molecule has 0 aliphatic rings. The van der Waals surface area contributed by atoms with Gasteiger partial charge in [-0.05, 0) is 30.4 Å². The molecule has 6 nitrogen and oxygen atoms in total. The second-order valence-electron chi connectivity index (χ2n) is 5.64. The molecule has 0 unspecified atom stereocenters. The van der Waals surface area contributed by atoms with Crippen molar-refractivity contribution < 1.29 is 0 Å². The lowest BCUT2D eigenvalue weighted by Gasteiger charge is -1.97. The highest BCUT2D eigenvalue weighted by molar-refractivity contribution is 7.16. The summed E-state index contributed by atoms with van der Waals surface area (Å²) in [6.07, 6.45) is 13.4. The van der Waals surface area contributed by atoms with Gasteiger partial charge in [0.2, 0.25) is 0 Å². The number of nitrogens with zero attached hydrogens (tertiary/aromatic N) is 6. The van der Waals surface area contributed by atoms with Crippen LogP contribution in [-0.2, 0) is 14.1 Å². The minimum atomic E-state index is 0.678. The van der Waals surface area contributed by atoms with Crippen LogP contribution in [0.25, 0.3) is 33.9 Å². The Morgan fingerprint density at radius 2 is 1.68 bits per heavy atom. The summed E-state index contributed by atoms with van der Waals surface area (Å²) in [6.45, 7) is 0. The van der Waals surface area contributed by atoms with E-state index in [1.54, 1.807) is 28.4 Å². The predicted molar refractivity (Wildman–Crippen MR) is 99.7 cm³/mol. The predicted octanol–water partition coefficient (Wildman–Crippen LogP) is 3.51. The van der Waals surface area contributed by atoms with Gasteiger partial charge in [0.25, 0.3) is 0 Å². The van der Waals surface area contributed by atoms with Gasteiger partial charge in [-0.25, -0.2) is 9.97 Å². The number of aromatic nitrogens is 6. The monoisotopic (exact) mass is 348 g/mol. The molecule has 4 rings (SSSR count). The lowest BCUT2D eigenvalue weighted by Crippen LogP contribution is -1.89. The van der Waals surface area contributed by atoms with Gasteiger partial charge in [0, 0.05) is 53.6 Å². The zero-order valence-electron chi connectivity index (χ0n) is 13.9. The van der Waals surface area contributed by atoms with Crippen molar-refractivity contribution in [2.45, 2.75) is 0 Å². The SMILES string of the molecule is Cn1cc(-c2ccnc(C=Cc3ccc(-c4cnn(C)c4)s3)n2)cn1. The molecule has 4 heterocycles. The minimum Gasteiger partial charge on any atom is -0.275 e. The Morgan fingerprint density at radius 1 is 0.920 bits per heavy atom. The largest absolute Gasteiger partial charge is 0.275 e.